The number of nitro benzene ring substituents is 2. The van der Waals surface area contributed by atoms with E-state index < -0.39 is 33.8 Å². The summed E-state index contributed by atoms with van der Waals surface area (Å²) in [4.78, 5) is 66.7. The molecule has 45 heavy (non-hydrogen) atoms. The molecular weight excluding hydrogens is 614 g/mol. The fourth-order valence-corrected chi connectivity index (χ4v) is 4.05. The van der Waals surface area contributed by atoms with Crippen molar-refractivity contribution in [1.29, 1.82) is 0 Å². The number of carbonyl (C=O) groups is 3. The molecule has 0 fully saturated rings. The molecule has 3 aromatic carbocycles. The van der Waals surface area contributed by atoms with Gasteiger partial charge in [-0.25, -0.2) is 19.4 Å². The average Bonchev–Trinajstić information content (AvgIpc) is 3.50. The zero-order valence-corrected chi connectivity index (χ0v) is 23.7. The zero-order valence-electron chi connectivity index (χ0n) is 22.9. The number of aromatic nitrogens is 1. The van der Waals surface area contributed by atoms with Crippen molar-refractivity contribution >= 4 is 51.8 Å². The van der Waals surface area contributed by atoms with Crippen molar-refractivity contribution < 1.29 is 43.3 Å². The van der Waals surface area contributed by atoms with E-state index in [1.165, 1.54) is 53.9 Å². The fourth-order valence-electron chi connectivity index (χ4n) is 3.37. The highest BCUT2D eigenvalue weighted by Crippen LogP contribution is 2.19. The van der Waals surface area contributed by atoms with Crippen LogP contribution in [0.25, 0.3) is 0 Å². The maximum atomic E-state index is 12.9. The van der Waals surface area contributed by atoms with Crippen LogP contribution < -0.4 is 5.32 Å². The van der Waals surface area contributed by atoms with Gasteiger partial charge in [-0.15, -0.1) is 11.3 Å². The third-order valence-electron chi connectivity index (χ3n) is 5.59. The SMILES string of the molecule is O=C(Nc1nc(C(=NOC(=O)OCc2ccc([N+](=O)[O-])cc2)C(=O)OCc2ccccc2)cs1)OCc1ccc([N+](=O)[O-])cc1. The number of oxime groups is 1. The minimum atomic E-state index is -1.29. The molecule has 0 aliphatic rings. The summed E-state index contributed by atoms with van der Waals surface area (Å²) >= 11 is 0.904. The lowest BCUT2D eigenvalue weighted by Crippen LogP contribution is -2.21. The van der Waals surface area contributed by atoms with E-state index in [0.29, 0.717) is 16.7 Å². The molecule has 1 amide bonds. The number of esters is 1. The minimum absolute atomic E-state index is 0.00278. The quantitative estimate of drug-likeness (QED) is 0.0510. The van der Waals surface area contributed by atoms with E-state index in [-0.39, 0.29) is 42.0 Å². The molecule has 230 valence electrons. The summed E-state index contributed by atoms with van der Waals surface area (Å²) in [6.45, 7) is -0.614. The molecule has 16 nitrogen and oxygen atoms in total. The second-order valence-electron chi connectivity index (χ2n) is 8.72. The molecule has 0 radical (unpaired) electrons. The fraction of sp³-hybridized carbons (Fsp3) is 0.107. The second kappa shape index (κ2) is 15.3. The Bertz CT molecular complexity index is 1710. The van der Waals surface area contributed by atoms with E-state index in [4.69, 9.17) is 19.0 Å². The maximum absolute atomic E-state index is 12.9. The molecule has 4 aromatic rings. The Hall–Kier alpha value is -6.23. The van der Waals surface area contributed by atoms with E-state index in [9.17, 15) is 34.6 Å². The van der Waals surface area contributed by atoms with Gasteiger partial charge < -0.3 is 14.2 Å². The van der Waals surface area contributed by atoms with E-state index in [0.717, 1.165) is 11.3 Å². The van der Waals surface area contributed by atoms with Gasteiger partial charge in [-0.2, -0.15) is 0 Å². The summed E-state index contributed by atoms with van der Waals surface area (Å²) in [5.74, 6) is -1.00. The van der Waals surface area contributed by atoms with Crippen molar-refractivity contribution in [3.8, 4) is 0 Å². The van der Waals surface area contributed by atoms with Gasteiger partial charge in [-0.05, 0) is 41.0 Å². The third kappa shape index (κ3) is 9.65. The number of nitrogens with zero attached hydrogens (tertiary/aromatic N) is 4. The highest BCUT2D eigenvalue weighted by atomic mass is 32.1. The molecule has 0 spiro atoms. The molecule has 1 heterocycles. The Balaban J connectivity index is 1.39. The summed E-state index contributed by atoms with van der Waals surface area (Å²) in [7, 11) is 0. The first-order valence-electron chi connectivity index (χ1n) is 12.7. The smallest absolute Gasteiger partial charge is 0.456 e. The van der Waals surface area contributed by atoms with Crippen LogP contribution >= 0.6 is 11.3 Å². The van der Waals surface area contributed by atoms with Gasteiger partial charge in [0.2, 0.25) is 5.71 Å². The van der Waals surface area contributed by atoms with Crippen LogP contribution in [0.3, 0.4) is 0 Å². The third-order valence-corrected chi connectivity index (χ3v) is 6.35. The summed E-state index contributed by atoms with van der Waals surface area (Å²) in [6.07, 6.45) is -2.18. The molecule has 0 saturated carbocycles. The molecule has 17 heteroatoms. The standard InChI is InChI=1S/C28H21N5O11S/c34-25(41-14-18-4-2-1-3-5-18)24(31-44-28(36)43-16-20-8-12-22(13-9-20)33(39)40)23-17-45-26(29-23)30-27(35)42-15-19-6-10-21(11-7-19)32(37)38/h1-13,17H,14-16H2,(H,29,30,35). The van der Waals surface area contributed by atoms with Gasteiger partial charge in [0.15, 0.2) is 5.13 Å². The van der Waals surface area contributed by atoms with E-state index >= 15 is 0 Å². The van der Waals surface area contributed by atoms with Crippen molar-refractivity contribution in [1.82, 2.24) is 4.98 Å². The van der Waals surface area contributed by atoms with Crippen LogP contribution in [0.2, 0.25) is 0 Å². The summed E-state index contributed by atoms with van der Waals surface area (Å²) < 4.78 is 15.3. The van der Waals surface area contributed by atoms with Crippen LogP contribution in [0.15, 0.2) is 89.4 Å². The highest BCUT2D eigenvalue weighted by Gasteiger charge is 2.23. The molecule has 0 atom stereocenters. The molecule has 0 aliphatic heterocycles. The van der Waals surface area contributed by atoms with Crippen molar-refractivity contribution in [2.45, 2.75) is 19.8 Å². The first kappa shape index (κ1) is 31.7. The van der Waals surface area contributed by atoms with E-state index in [1.54, 1.807) is 30.3 Å². The zero-order chi connectivity index (χ0) is 32.2. The number of benzene rings is 3. The Labute approximate surface area is 257 Å². The monoisotopic (exact) mass is 635 g/mol. The summed E-state index contributed by atoms with van der Waals surface area (Å²) in [6, 6.07) is 19.4. The predicted molar refractivity (Wildman–Crippen MR) is 156 cm³/mol. The number of amides is 1. The van der Waals surface area contributed by atoms with Gasteiger partial charge in [0.25, 0.3) is 11.4 Å². The van der Waals surface area contributed by atoms with Gasteiger partial charge in [0.05, 0.1) is 9.85 Å². The first-order chi connectivity index (χ1) is 21.7. The molecule has 4 rings (SSSR count). The number of hydrogen-bond acceptors (Lipinski definition) is 14. The average molecular weight is 636 g/mol. The Morgan fingerprint density at radius 2 is 1.29 bits per heavy atom. The largest absolute Gasteiger partial charge is 0.535 e. The first-order valence-corrected chi connectivity index (χ1v) is 13.5. The van der Waals surface area contributed by atoms with Crippen LogP contribution in [0.5, 0.6) is 0 Å². The van der Waals surface area contributed by atoms with Crippen LogP contribution in [0, 0.1) is 20.2 Å². The van der Waals surface area contributed by atoms with Crippen molar-refractivity contribution in [2.24, 2.45) is 5.16 Å². The molecule has 1 aromatic heterocycles. The van der Waals surface area contributed by atoms with Crippen LogP contribution in [0.1, 0.15) is 22.4 Å². The number of ether oxygens (including phenoxy) is 3. The molecule has 0 saturated heterocycles. The Kier molecular flexibility index (Phi) is 10.8. The number of anilines is 1. The van der Waals surface area contributed by atoms with Crippen LogP contribution in [-0.2, 0) is 43.7 Å². The van der Waals surface area contributed by atoms with Gasteiger partial charge in [0.1, 0.15) is 25.5 Å². The lowest BCUT2D eigenvalue weighted by atomic mass is 10.2. The van der Waals surface area contributed by atoms with Gasteiger partial charge in [-0.1, -0.05) is 35.5 Å². The lowest BCUT2D eigenvalue weighted by Gasteiger charge is -2.07. The number of nitrogens with one attached hydrogen (secondary N) is 1. The maximum Gasteiger partial charge on any atom is 0.535 e. The van der Waals surface area contributed by atoms with Gasteiger partial charge in [-0.3, -0.25) is 30.4 Å². The Morgan fingerprint density at radius 1 is 0.756 bits per heavy atom. The summed E-state index contributed by atoms with van der Waals surface area (Å²) in [5, 5.41) is 28.9. The number of carbonyl (C=O) groups excluding carboxylic acids is 3. The number of nitro groups is 2. The van der Waals surface area contributed by atoms with E-state index in [2.05, 4.69) is 15.5 Å². The molecule has 0 unspecified atom stereocenters. The van der Waals surface area contributed by atoms with Crippen molar-refractivity contribution in [3.63, 3.8) is 0 Å². The number of hydrogen-bond donors (Lipinski definition) is 1. The topological polar surface area (TPSA) is 212 Å². The molecule has 1 N–H and O–H groups in total. The normalized spacial score (nSPS) is 10.8. The van der Waals surface area contributed by atoms with Crippen molar-refractivity contribution in [2.75, 3.05) is 5.32 Å². The van der Waals surface area contributed by atoms with E-state index in [1.807, 2.05) is 0 Å². The molecule has 0 bridgehead atoms. The Morgan fingerprint density at radius 3 is 1.87 bits per heavy atom. The minimum Gasteiger partial charge on any atom is -0.456 e. The number of thiazole rings is 1. The molecule has 0 aliphatic carbocycles. The highest BCUT2D eigenvalue weighted by molar-refractivity contribution is 7.14. The molecular formula is C28H21N5O11S. The van der Waals surface area contributed by atoms with Crippen molar-refractivity contribution in [3.05, 3.63) is 127 Å². The summed E-state index contributed by atoms with van der Waals surface area (Å²) in [5.41, 5.74) is 0.738. The van der Waals surface area contributed by atoms with Crippen LogP contribution in [-0.4, -0.2) is 38.8 Å². The lowest BCUT2D eigenvalue weighted by molar-refractivity contribution is -0.385. The second-order valence-corrected chi connectivity index (χ2v) is 9.58. The number of non-ortho nitro benzene ring substituents is 2. The number of rotatable bonds is 12. The van der Waals surface area contributed by atoms with Gasteiger partial charge in [0, 0.05) is 29.6 Å². The van der Waals surface area contributed by atoms with Gasteiger partial charge >= 0.3 is 18.2 Å². The van der Waals surface area contributed by atoms with Crippen LogP contribution in [0.4, 0.5) is 26.1 Å². The predicted octanol–water partition coefficient (Wildman–Crippen LogP) is 5.51.